The second-order valence-electron chi connectivity index (χ2n) is 8.02. The van der Waals surface area contributed by atoms with E-state index in [1.165, 1.54) is 12.1 Å². The summed E-state index contributed by atoms with van der Waals surface area (Å²) in [5.41, 5.74) is 3.26. The Kier molecular flexibility index (Phi) is 6.25. The van der Waals surface area contributed by atoms with E-state index in [-0.39, 0.29) is 23.9 Å². The molecule has 1 saturated carbocycles. The van der Waals surface area contributed by atoms with Crippen LogP contribution < -0.4 is 5.32 Å². The van der Waals surface area contributed by atoms with Gasteiger partial charge in [0.25, 0.3) is 5.91 Å². The molecule has 5 nitrogen and oxygen atoms in total. The maximum Gasteiger partial charge on any atom is 0.251 e. The highest BCUT2D eigenvalue weighted by Gasteiger charge is 2.25. The predicted octanol–water partition coefficient (Wildman–Crippen LogP) is 4.96. The topological polar surface area (TPSA) is 74.6 Å². The zero-order chi connectivity index (χ0) is 22.7. The molecule has 1 atom stereocenters. The first kappa shape index (κ1) is 21.6. The Labute approximate surface area is 184 Å². The van der Waals surface area contributed by atoms with E-state index in [1.54, 1.807) is 42.6 Å². The number of pyridine rings is 1. The lowest BCUT2D eigenvalue weighted by atomic mass is 9.85. The van der Waals surface area contributed by atoms with Gasteiger partial charge in [0, 0.05) is 47.5 Å². The zero-order valence-electron chi connectivity index (χ0n) is 17.6. The van der Waals surface area contributed by atoms with E-state index in [4.69, 9.17) is 0 Å². The normalized spacial score (nSPS) is 14.8. The second-order valence-corrected chi connectivity index (χ2v) is 8.02. The minimum atomic E-state index is -0.686. The van der Waals surface area contributed by atoms with Crippen molar-refractivity contribution in [3.05, 3.63) is 100 Å². The summed E-state index contributed by atoms with van der Waals surface area (Å²) in [5.74, 6) is -2.06. The van der Waals surface area contributed by atoms with E-state index < -0.39 is 17.6 Å². The molecule has 1 amide bonds. The summed E-state index contributed by atoms with van der Waals surface area (Å²) in [6.45, 7) is 1.82. The Morgan fingerprint density at radius 1 is 1.12 bits per heavy atom. The number of halogens is 2. The third kappa shape index (κ3) is 4.99. The number of carbonyl (C=O) groups is 1. The summed E-state index contributed by atoms with van der Waals surface area (Å²) in [6, 6.07) is 14.1. The number of nitrogens with zero attached hydrogens (tertiary/aromatic N) is 2. The number of amides is 1. The number of oxime groups is 1. The Hall–Kier alpha value is -3.61. The van der Waals surface area contributed by atoms with Gasteiger partial charge in [-0.3, -0.25) is 9.78 Å². The fourth-order valence-corrected chi connectivity index (χ4v) is 3.69. The molecule has 1 unspecified atom stereocenters. The van der Waals surface area contributed by atoms with Crippen molar-refractivity contribution in [2.24, 2.45) is 5.16 Å². The van der Waals surface area contributed by atoms with Crippen molar-refractivity contribution in [3.8, 4) is 0 Å². The van der Waals surface area contributed by atoms with E-state index >= 15 is 0 Å². The van der Waals surface area contributed by atoms with Crippen LogP contribution in [-0.2, 0) is 0 Å². The SMILES string of the molecule is Cc1cc(/C(CC(c2ccc(C(=O)NC3CC3)cc2)c2ccc(F)cc2F)=N/O)ccn1. The number of benzene rings is 2. The molecule has 1 heterocycles. The first-order valence-corrected chi connectivity index (χ1v) is 10.4. The molecule has 1 aliphatic carbocycles. The van der Waals surface area contributed by atoms with Gasteiger partial charge in [0.1, 0.15) is 11.6 Å². The zero-order valence-corrected chi connectivity index (χ0v) is 17.6. The summed E-state index contributed by atoms with van der Waals surface area (Å²) in [4.78, 5) is 16.5. The molecule has 0 spiro atoms. The van der Waals surface area contributed by atoms with E-state index in [2.05, 4.69) is 15.5 Å². The average molecular weight is 435 g/mol. The Balaban J connectivity index is 1.68. The van der Waals surface area contributed by atoms with Gasteiger partial charge in [0.2, 0.25) is 0 Å². The van der Waals surface area contributed by atoms with Crippen molar-refractivity contribution >= 4 is 11.6 Å². The van der Waals surface area contributed by atoms with Crippen LogP contribution >= 0.6 is 0 Å². The Morgan fingerprint density at radius 2 is 1.88 bits per heavy atom. The van der Waals surface area contributed by atoms with Crippen molar-refractivity contribution in [1.29, 1.82) is 0 Å². The van der Waals surface area contributed by atoms with Crippen molar-refractivity contribution < 1.29 is 18.8 Å². The highest BCUT2D eigenvalue weighted by Crippen LogP contribution is 2.32. The minimum absolute atomic E-state index is 0.145. The molecular formula is C25H23F2N3O2. The summed E-state index contributed by atoms with van der Waals surface area (Å²) < 4.78 is 28.3. The van der Waals surface area contributed by atoms with E-state index in [1.807, 2.05) is 6.92 Å². The van der Waals surface area contributed by atoms with Gasteiger partial charge in [-0.25, -0.2) is 8.78 Å². The lowest BCUT2D eigenvalue weighted by Crippen LogP contribution is -2.25. The van der Waals surface area contributed by atoms with Crippen molar-refractivity contribution in [1.82, 2.24) is 10.3 Å². The highest BCUT2D eigenvalue weighted by molar-refractivity contribution is 6.01. The van der Waals surface area contributed by atoms with Gasteiger partial charge in [-0.15, -0.1) is 0 Å². The van der Waals surface area contributed by atoms with Crippen LogP contribution in [-0.4, -0.2) is 27.9 Å². The first-order valence-electron chi connectivity index (χ1n) is 10.4. The average Bonchev–Trinajstić information content (AvgIpc) is 3.59. The van der Waals surface area contributed by atoms with Gasteiger partial charge in [0.05, 0.1) is 5.71 Å². The molecule has 3 aromatic rings. The molecule has 7 heteroatoms. The monoisotopic (exact) mass is 435 g/mol. The molecule has 2 aromatic carbocycles. The maximum absolute atomic E-state index is 14.7. The van der Waals surface area contributed by atoms with Crippen LogP contribution in [0.4, 0.5) is 8.78 Å². The van der Waals surface area contributed by atoms with E-state index in [9.17, 15) is 18.8 Å². The fraction of sp³-hybridized carbons (Fsp3) is 0.240. The number of aryl methyl sites for hydroxylation is 1. The van der Waals surface area contributed by atoms with E-state index in [0.717, 1.165) is 24.6 Å². The maximum atomic E-state index is 14.7. The molecular weight excluding hydrogens is 412 g/mol. The Morgan fingerprint density at radius 3 is 2.50 bits per heavy atom. The molecule has 1 fully saturated rings. The van der Waals surface area contributed by atoms with Crippen molar-refractivity contribution in [2.45, 2.75) is 38.1 Å². The second kappa shape index (κ2) is 9.26. The van der Waals surface area contributed by atoms with Gasteiger partial charge < -0.3 is 10.5 Å². The number of carbonyl (C=O) groups excluding carboxylic acids is 1. The third-order valence-corrected chi connectivity index (χ3v) is 5.57. The van der Waals surface area contributed by atoms with Gasteiger partial charge in [-0.1, -0.05) is 23.4 Å². The van der Waals surface area contributed by atoms with Crippen LogP contribution in [0.25, 0.3) is 0 Å². The number of rotatable bonds is 7. The van der Waals surface area contributed by atoms with Crippen LogP contribution in [0.1, 0.15) is 57.9 Å². The quantitative estimate of drug-likeness (QED) is 0.313. The molecule has 0 saturated heterocycles. The summed E-state index contributed by atoms with van der Waals surface area (Å²) >= 11 is 0. The molecule has 1 aliphatic rings. The summed E-state index contributed by atoms with van der Waals surface area (Å²) in [7, 11) is 0. The molecule has 0 aliphatic heterocycles. The molecule has 0 radical (unpaired) electrons. The van der Waals surface area contributed by atoms with Crippen LogP contribution in [0.2, 0.25) is 0 Å². The van der Waals surface area contributed by atoms with Gasteiger partial charge in [-0.05, 0) is 61.2 Å². The lowest BCUT2D eigenvalue weighted by molar-refractivity contribution is 0.0951. The molecule has 4 rings (SSSR count). The minimum Gasteiger partial charge on any atom is -0.411 e. The molecule has 0 bridgehead atoms. The van der Waals surface area contributed by atoms with Crippen molar-refractivity contribution in [3.63, 3.8) is 0 Å². The Bertz CT molecular complexity index is 1160. The molecule has 1 aromatic heterocycles. The van der Waals surface area contributed by atoms with Gasteiger partial charge in [-0.2, -0.15) is 0 Å². The molecule has 164 valence electrons. The number of hydrogen-bond donors (Lipinski definition) is 2. The molecule has 2 N–H and O–H groups in total. The number of aromatic nitrogens is 1. The van der Waals surface area contributed by atoms with Gasteiger partial charge in [0.15, 0.2) is 0 Å². The first-order chi connectivity index (χ1) is 15.4. The number of nitrogens with one attached hydrogen (secondary N) is 1. The van der Waals surface area contributed by atoms with Crippen molar-refractivity contribution in [2.75, 3.05) is 0 Å². The van der Waals surface area contributed by atoms with Gasteiger partial charge >= 0.3 is 0 Å². The van der Waals surface area contributed by atoms with Crippen LogP contribution in [0.15, 0.2) is 65.9 Å². The largest absolute Gasteiger partial charge is 0.411 e. The van der Waals surface area contributed by atoms with Crippen LogP contribution in [0, 0.1) is 18.6 Å². The molecule has 32 heavy (non-hydrogen) atoms. The summed E-state index contributed by atoms with van der Waals surface area (Å²) in [5, 5.41) is 16.1. The van der Waals surface area contributed by atoms with Crippen LogP contribution in [0.3, 0.4) is 0 Å². The third-order valence-electron chi connectivity index (χ3n) is 5.57. The summed E-state index contributed by atoms with van der Waals surface area (Å²) in [6.07, 6.45) is 3.76. The smallest absolute Gasteiger partial charge is 0.251 e. The highest BCUT2D eigenvalue weighted by atomic mass is 19.1. The lowest BCUT2D eigenvalue weighted by Gasteiger charge is -2.20. The van der Waals surface area contributed by atoms with Crippen LogP contribution in [0.5, 0.6) is 0 Å². The van der Waals surface area contributed by atoms with E-state index in [0.29, 0.717) is 22.4 Å². The predicted molar refractivity (Wildman–Crippen MR) is 117 cm³/mol. The number of hydrogen-bond acceptors (Lipinski definition) is 4. The standard InChI is InChI=1S/C25H23F2N3O2/c1-15-12-18(10-11-28-15)24(30-32)14-22(21-9-6-19(26)13-23(21)27)16-2-4-17(5-3-16)25(31)29-20-7-8-20/h2-6,9-13,20,22,32H,7-8,14H2,1H3,(H,29,31)/b30-24+. The fourth-order valence-electron chi connectivity index (χ4n) is 3.69.